The van der Waals surface area contributed by atoms with Crippen molar-refractivity contribution in [2.75, 3.05) is 11.1 Å². The molecular formula is C24H22N4O2S. The van der Waals surface area contributed by atoms with Crippen LogP contribution in [0.15, 0.2) is 90.1 Å². The van der Waals surface area contributed by atoms with Gasteiger partial charge in [0, 0.05) is 0 Å². The molecule has 0 radical (unpaired) electrons. The van der Waals surface area contributed by atoms with Crippen LogP contribution in [0.3, 0.4) is 0 Å². The van der Waals surface area contributed by atoms with E-state index in [1.54, 1.807) is 0 Å². The van der Waals surface area contributed by atoms with Gasteiger partial charge in [-0.1, -0.05) is 72.4 Å². The van der Waals surface area contributed by atoms with Crippen LogP contribution in [0.4, 0.5) is 5.69 Å². The lowest BCUT2D eigenvalue weighted by atomic mass is 10.2. The number of hydrogen-bond donors (Lipinski definition) is 1. The zero-order valence-electron chi connectivity index (χ0n) is 17.1. The second-order valence-electron chi connectivity index (χ2n) is 6.85. The van der Waals surface area contributed by atoms with E-state index in [4.69, 9.17) is 4.74 Å². The van der Waals surface area contributed by atoms with E-state index in [1.165, 1.54) is 11.8 Å². The van der Waals surface area contributed by atoms with Crippen molar-refractivity contribution in [1.29, 1.82) is 0 Å². The number of carbonyl (C=O) groups excluding carboxylic acids is 1. The number of benzene rings is 3. The van der Waals surface area contributed by atoms with Crippen molar-refractivity contribution in [2.45, 2.75) is 18.6 Å². The van der Waals surface area contributed by atoms with Gasteiger partial charge in [-0.3, -0.25) is 4.79 Å². The summed E-state index contributed by atoms with van der Waals surface area (Å²) in [7, 11) is 0. The summed E-state index contributed by atoms with van der Waals surface area (Å²) in [6, 6.07) is 27.0. The molecule has 1 amide bonds. The van der Waals surface area contributed by atoms with Crippen molar-refractivity contribution in [2.24, 2.45) is 0 Å². The van der Waals surface area contributed by atoms with Crippen LogP contribution in [0.5, 0.6) is 11.5 Å². The quantitative estimate of drug-likeness (QED) is 0.391. The van der Waals surface area contributed by atoms with E-state index in [0.717, 1.165) is 11.4 Å². The lowest BCUT2D eigenvalue weighted by Gasteiger charge is -2.12. The Morgan fingerprint density at radius 2 is 1.61 bits per heavy atom. The zero-order chi connectivity index (χ0) is 21.5. The summed E-state index contributed by atoms with van der Waals surface area (Å²) in [4.78, 5) is 12.6. The summed E-state index contributed by atoms with van der Waals surface area (Å²) in [5.41, 5.74) is 1.78. The van der Waals surface area contributed by atoms with Gasteiger partial charge < -0.3 is 14.6 Å². The van der Waals surface area contributed by atoms with Crippen LogP contribution < -0.4 is 10.1 Å². The van der Waals surface area contributed by atoms with E-state index < -0.39 is 0 Å². The average Bonchev–Trinajstić information content (AvgIpc) is 3.14. The molecule has 0 aliphatic rings. The van der Waals surface area contributed by atoms with Crippen LogP contribution in [0.1, 0.15) is 11.4 Å². The summed E-state index contributed by atoms with van der Waals surface area (Å²) in [5, 5.41) is 12.1. The second kappa shape index (κ2) is 9.95. The number of rotatable bonds is 8. The summed E-state index contributed by atoms with van der Waals surface area (Å²) >= 11 is 1.36. The molecule has 31 heavy (non-hydrogen) atoms. The van der Waals surface area contributed by atoms with Gasteiger partial charge in [-0.15, -0.1) is 10.2 Å². The topological polar surface area (TPSA) is 69.0 Å². The molecule has 0 bridgehead atoms. The largest absolute Gasteiger partial charge is 0.455 e. The summed E-state index contributed by atoms with van der Waals surface area (Å²) < 4.78 is 7.93. The highest BCUT2D eigenvalue weighted by Crippen LogP contribution is 2.29. The number of aromatic nitrogens is 3. The van der Waals surface area contributed by atoms with Crippen LogP contribution >= 0.6 is 11.8 Å². The molecule has 0 fully saturated rings. The van der Waals surface area contributed by atoms with Crippen molar-refractivity contribution in [3.63, 3.8) is 0 Å². The molecule has 0 aliphatic heterocycles. The van der Waals surface area contributed by atoms with Gasteiger partial charge in [-0.25, -0.2) is 0 Å². The standard InChI is InChI=1S/C24H22N4O2S/c1-18-26-27-24(28(18)16-19-10-4-2-5-11-19)31-17-23(29)25-21-14-8-9-15-22(21)30-20-12-6-3-7-13-20/h2-15H,16-17H2,1H3,(H,25,29). The van der Waals surface area contributed by atoms with Gasteiger partial charge in [-0.2, -0.15) is 0 Å². The van der Waals surface area contributed by atoms with Crippen molar-refractivity contribution < 1.29 is 9.53 Å². The summed E-state index contributed by atoms with van der Waals surface area (Å²) in [5.74, 6) is 2.19. The molecule has 7 heteroatoms. The average molecular weight is 431 g/mol. The van der Waals surface area contributed by atoms with Crippen molar-refractivity contribution in [3.05, 3.63) is 96.3 Å². The fourth-order valence-corrected chi connectivity index (χ4v) is 3.79. The predicted molar refractivity (Wildman–Crippen MR) is 123 cm³/mol. The van der Waals surface area contributed by atoms with Gasteiger partial charge in [0.05, 0.1) is 18.0 Å². The Bertz CT molecular complexity index is 1150. The third kappa shape index (κ3) is 5.52. The van der Waals surface area contributed by atoms with Gasteiger partial charge in [0.15, 0.2) is 10.9 Å². The zero-order valence-corrected chi connectivity index (χ0v) is 17.9. The Labute approximate surface area is 185 Å². The highest BCUT2D eigenvalue weighted by atomic mass is 32.2. The minimum absolute atomic E-state index is 0.138. The number of nitrogens with one attached hydrogen (secondary N) is 1. The summed E-state index contributed by atoms with van der Waals surface area (Å²) in [6.07, 6.45) is 0. The SMILES string of the molecule is Cc1nnc(SCC(=O)Nc2ccccc2Oc2ccccc2)n1Cc1ccccc1. The van der Waals surface area contributed by atoms with E-state index in [-0.39, 0.29) is 11.7 Å². The summed E-state index contributed by atoms with van der Waals surface area (Å²) in [6.45, 7) is 2.58. The first-order valence-corrected chi connectivity index (χ1v) is 10.9. The second-order valence-corrected chi connectivity index (χ2v) is 7.79. The van der Waals surface area contributed by atoms with E-state index in [0.29, 0.717) is 28.9 Å². The van der Waals surface area contributed by atoms with E-state index in [1.807, 2.05) is 84.3 Å². The molecule has 6 nitrogen and oxygen atoms in total. The third-order valence-corrected chi connectivity index (χ3v) is 5.52. The Kier molecular flexibility index (Phi) is 6.64. The van der Waals surface area contributed by atoms with Gasteiger partial charge in [-0.05, 0) is 36.8 Å². The lowest BCUT2D eigenvalue weighted by molar-refractivity contribution is -0.113. The van der Waals surface area contributed by atoms with Gasteiger partial charge in [0.25, 0.3) is 0 Å². The minimum atomic E-state index is -0.138. The Hall–Kier alpha value is -3.58. The highest BCUT2D eigenvalue weighted by Gasteiger charge is 2.14. The first kappa shape index (κ1) is 20.7. The molecule has 4 rings (SSSR count). The molecule has 0 saturated carbocycles. The van der Waals surface area contributed by atoms with Crippen LogP contribution in [-0.2, 0) is 11.3 Å². The predicted octanol–water partition coefficient (Wildman–Crippen LogP) is 5.16. The first-order valence-electron chi connectivity index (χ1n) is 9.87. The maximum absolute atomic E-state index is 12.6. The minimum Gasteiger partial charge on any atom is -0.455 e. The normalized spacial score (nSPS) is 10.6. The fraction of sp³-hybridized carbons (Fsp3) is 0.125. The molecule has 0 saturated heterocycles. The molecule has 1 aromatic heterocycles. The van der Waals surface area contributed by atoms with Crippen LogP contribution in [-0.4, -0.2) is 26.4 Å². The molecule has 1 N–H and O–H groups in total. The number of hydrogen-bond acceptors (Lipinski definition) is 5. The van der Waals surface area contributed by atoms with Gasteiger partial charge in [0.2, 0.25) is 5.91 Å². The van der Waals surface area contributed by atoms with Crippen LogP contribution in [0.2, 0.25) is 0 Å². The first-order chi connectivity index (χ1) is 15.2. The maximum Gasteiger partial charge on any atom is 0.234 e. The van der Waals surface area contributed by atoms with Gasteiger partial charge >= 0.3 is 0 Å². The Morgan fingerprint density at radius 3 is 2.39 bits per heavy atom. The molecule has 4 aromatic rings. The molecule has 0 unspecified atom stereocenters. The Morgan fingerprint density at radius 1 is 0.935 bits per heavy atom. The fourth-order valence-electron chi connectivity index (χ4n) is 3.01. The monoisotopic (exact) mass is 430 g/mol. The van der Waals surface area contributed by atoms with Crippen molar-refractivity contribution in [1.82, 2.24) is 14.8 Å². The molecule has 0 spiro atoms. The molecule has 3 aromatic carbocycles. The number of carbonyl (C=O) groups is 1. The van der Waals surface area contributed by atoms with E-state index >= 15 is 0 Å². The van der Waals surface area contributed by atoms with E-state index in [2.05, 4.69) is 27.6 Å². The number of para-hydroxylation sites is 3. The van der Waals surface area contributed by atoms with Gasteiger partial charge in [0.1, 0.15) is 11.6 Å². The van der Waals surface area contributed by atoms with E-state index in [9.17, 15) is 4.79 Å². The molecule has 156 valence electrons. The third-order valence-electron chi connectivity index (χ3n) is 4.55. The van der Waals surface area contributed by atoms with Crippen molar-refractivity contribution >= 4 is 23.4 Å². The smallest absolute Gasteiger partial charge is 0.234 e. The Balaban J connectivity index is 1.40. The number of amides is 1. The molecule has 1 heterocycles. The van der Waals surface area contributed by atoms with Crippen LogP contribution in [0.25, 0.3) is 0 Å². The van der Waals surface area contributed by atoms with Crippen molar-refractivity contribution in [3.8, 4) is 11.5 Å². The lowest BCUT2D eigenvalue weighted by Crippen LogP contribution is -2.15. The number of nitrogens with zero attached hydrogens (tertiary/aromatic N) is 3. The number of ether oxygens (including phenoxy) is 1. The molecule has 0 aliphatic carbocycles. The maximum atomic E-state index is 12.6. The number of thioether (sulfide) groups is 1. The number of aryl methyl sites for hydroxylation is 1. The number of anilines is 1. The molecule has 0 atom stereocenters. The highest BCUT2D eigenvalue weighted by molar-refractivity contribution is 7.99. The molecular weight excluding hydrogens is 408 g/mol. The van der Waals surface area contributed by atoms with Crippen LogP contribution in [0, 0.1) is 6.92 Å².